The van der Waals surface area contributed by atoms with Gasteiger partial charge in [-0.2, -0.15) is 0 Å². The molecule has 0 aliphatic rings. The second-order valence-corrected chi connectivity index (χ2v) is 11.6. The van der Waals surface area contributed by atoms with Crippen LogP contribution in [0.4, 0.5) is 11.4 Å². The molecule has 0 spiro atoms. The number of sulfonamides is 1. The molecule has 3 aromatic carbocycles. The fourth-order valence-electron chi connectivity index (χ4n) is 4.00. The minimum absolute atomic E-state index is 0.0248. The molecule has 4 aromatic rings. The average Bonchev–Trinajstić information content (AvgIpc) is 3.50. The number of nitrogens with zero attached hydrogens (tertiary/aromatic N) is 2. The third-order valence-corrected chi connectivity index (χ3v) is 8.42. The Kier molecular flexibility index (Phi) is 11.1. The number of hydrogen-bond donors (Lipinski definition) is 3. The van der Waals surface area contributed by atoms with Crippen molar-refractivity contribution in [2.45, 2.75) is 4.90 Å². The van der Waals surface area contributed by atoms with Gasteiger partial charge in [0, 0.05) is 22.3 Å². The SMILES string of the molecule is COc1ccc(NC(=O)c2cnc(-c3ccccc3)[nH]2)cc1S(=O)(=O)N(CCOCCOCCN)c1ccc(Br)cc1. The van der Waals surface area contributed by atoms with Crippen LogP contribution < -0.4 is 20.1 Å². The fraction of sp³-hybridized carbons (Fsp3) is 0.241. The summed E-state index contributed by atoms with van der Waals surface area (Å²) < 4.78 is 46.6. The maximum atomic E-state index is 14.1. The number of nitrogens with two attached hydrogens (primary N) is 1. The van der Waals surface area contributed by atoms with Gasteiger partial charge in [0.05, 0.1) is 52.0 Å². The summed E-state index contributed by atoms with van der Waals surface area (Å²) in [5.41, 5.74) is 7.17. The molecule has 1 amide bonds. The lowest BCUT2D eigenvalue weighted by molar-refractivity contribution is 0.0541. The molecule has 1 heterocycles. The van der Waals surface area contributed by atoms with Crippen LogP contribution >= 0.6 is 15.9 Å². The van der Waals surface area contributed by atoms with Gasteiger partial charge in [0.15, 0.2) is 0 Å². The molecule has 0 saturated heterocycles. The Morgan fingerprint density at radius 1 is 1.00 bits per heavy atom. The van der Waals surface area contributed by atoms with Crippen LogP contribution in [0.2, 0.25) is 0 Å². The Labute approximate surface area is 253 Å². The van der Waals surface area contributed by atoms with Crippen LogP contribution in [0.3, 0.4) is 0 Å². The van der Waals surface area contributed by atoms with E-state index in [2.05, 4.69) is 31.2 Å². The standard InChI is InChI=1S/C29H32BrN5O6S/c1-39-26-12-9-23(33-29(36)25-20-32-28(34-25)21-5-3-2-4-6-21)19-27(26)42(37,38)35(24-10-7-22(30)8-11-24)14-16-41-18-17-40-15-13-31/h2-12,19-20H,13-18,31H2,1H3,(H,32,34)(H,33,36). The highest BCUT2D eigenvalue weighted by atomic mass is 79.9. The van der Waals surface area contributed by atoms with Gasteiger partial charge >= 0.3 is 0 Å². The predicted molar refractivity (Wildman–Crippen MR) is 164 cm³/mol. The summed E-state index contributed by atoms with van der Waals surface area (Å²) in [6, 6.07) is 20.7. The summed E-state index contributed by atoms with van der Waals surface area (Å²) in [6.45, 7) is 1.61. The molecule has 0 unspecified atom stereocenters. The first-order valence-electron chi connectivity index (χ1n) is 13.1. The largest absolute Gasteiger partial charge is 0.495 e. The van der Waals surface area contributed by atoms with Gasteiger partial charge in [-0.1, -0.05) is 46.3 Å². The number of H-pyrrole nitrogens is 1. The zero-order valence-electron chi connectivity index (χ0n) is 23.0. The Morgan fingerprint density at radius 3 is 2.40 bits per heavy atom. The first kappa shape index (κ1) is 31.2. The number of aromatic amines is 1. The summed E-state index contributed by atoms with van der Waals surface area (Å²) in [4.78, 5) is 20.2. The number of rotatable bonds is 15. The van der Waals surface area contributed by atoms with Gasteiger partial charge in [-0.15, -0.1) is 0 Å². The number of anilines is 2. The minimum Gasteiger partial charge on any atom is -0.495 e. The van der Waals surface area contributed by atoms with Crippen molar-refractivity contribution in [1.29, 1.82) is 0 Å². The third kappa shape index (κ3) is 7.95. The van der Waals surface area contributed by atoms with E-state index in [-0.39, 0.29) is 35.2 Å². The number of carbonyl (C=O) groups is 1. The van der Waals surface area contributed by atoms with E-state index in [0.29, 0.717) is 37.9 Å². The smallest absolute Gasteiger partial charge is 0.273 e. The van der Waals surface area contributed by atoms with Gasteiger partial charge in [0.25, 0.3) is 15.9 Å². The van der Waals surface area contributed by atoms with Crippen LogP contribution in [0.15, 0.2) is 88.4 Å². The van der Waals surface area contributed by atoms with E-state index in [4.69, 9.17) is 19.9 Å². The number of benzene rings is 3. The quantitative estimate of drug-likeness (QED) is 0.160. The Morgan fingerprint density at radius 2 is 1.71 bits per heavy atom. The van der Waals surface area contributed by atoms with Crippen molar-refractivity contribution >= 4 is 43.2 Å². The van der Waals surface area contributed by atoms with Crippen LogP contribution in [0, 0.1) is 0 Å². The number of imidazole rings is 1. The number of aromatic nitrogens is 2. The van der Waals surface area contributed by atoms with E-state index in [1.807, 2.05) is 30.3 Å². The Bertz CT molecular complexity index is 1570. The monoisotopic (exact) mass is 657 g/mol. The van der Waals surface area contributed by atoms with Crippen molar-refractivity contribution in [3.63, 3.8) is 0 Å². The highest BCUT2D eigenvalue weighted by molar-refractivity contribution is 9.10. The van der Waals surface area contributed by atoms with E-state index in [9.17, 15) is 13.2 Å². The van der Waals surface area contributed by atoms with Crippen LogP contribution in [-0.2, 0) is 19.5 Å². The second kappa shape index (κ2) is 14.9. The van der Waals surface area contributed by atoms with Crippen molar-refractivity contribution in [2.75, 3.05) is 56.2 Å². The molecular formula is C29H32BrN5O6S. The molecule has 1 aromatic heterocycles. The van der Waals surface area contributed by atoms with Gasteiger partial charge in [-0.3, -0.25) is 9.10 Å². The maximum Gasteiger partial charge on any atom is 0.273 e. The van der Waals surface area contributed by atoms with Gasteiger partial charge in [-0.05, 0) is 42.5 Å². The molecule has 0 fully saturated rings. The normalized spacial score (nSPS) is 11.3. The summed E-state index contributed by atoms with van der Waals surface area (Å²) in [6.07, 6.45) is 1.43. The van der Waals surface area contributed by atoms with Crippen molar-refractivity contribution < 1.29 is 27.4 Å². The van der Waals surface area contributed by atoms with E-state index in [1.54, 1.807) is 30.3 Å². The summed E-state index contributed by atoms with van der Waals surface area (Å²) in [7, 11) is -2.79. The van der Waals surface area contributed by atoms with Crippen molar-refractivity contribution in [3.05, 3.63) is 89.2 Å². The molecule has 42 heavy (non-hydrogen) atoms. The van der Waals surface area contributed by atoms with E-state index < -0.39 is 15.9 Å². The van der Waals surface area contributed by atoms with Gasteiger partial charge in [0.2, 0.25) is 0 Å². The predicted octanol–water partition coefficient (Wildman–Crippen LogP) is 4.29. The van der Waals surface area contributed by atoms with E-state index in [0.717, 1.165) is 10.0 Å². The number of methoxy groups -OCH3 is 1. The first-order valence-corrected chi connectivity index (χ1v) is 15.3. The molecule has 0 atom stereocenters. The molecular weight excluding hydrogens is 626 g/mol. The van der Waals surface area contributed by atoms with Crippen LogP contribution in [-0.4, -0.2) is 70.9 Å². The van der Waals surface area contributed by atoms with Gasteiger partial charge in [-0.25, -0.2) is 13.4 Å². The lowest BCUT2D eigenvalue weighted by Crippen LogP contribution is -2.34. The summed E-state index contributed by atoms with van der Waals surface area (Å²) in [5, 5.41) is 2.75. The number of halogens is 1. The average molecular weight is 659 g/mol. The lowest BCUT2D eigenvalue weighted by atomic mass is 10.2. The van der Waals surface area contributed by atoms with Crippen molar-refractivity contribution in [3.8, 4) is 17.1 Å². The van der Waals surface area contributed by atoms with E-state index >= 15 is 0 Å². The topological polar surface area (TPSA) is 149 Å². The number of ether oxygens (including phenoxy) is 3. The number of amides is 1. The van der Waals surface area contributed by atoms with Crippen LogP contribution in [0.1, 0.15) is 10.5 Å². The second-order valence-electron chi connectivity index (χ2n) is 8.90. The first-order chi connectivity index (χ1) is 20.3. The van der Waals surface area contributed by atoms with Crippen molar-refractivity contribution in [2.24, 2.45) is 5.73 Å². The Hall–Kier alpha value is -3.75. The van der Waals surface area contributed by atoms with Crippen molar-refractivity contribution in [1.82, 2.24) is 9.97 Å². The Balaban J connectivity index is 1.56. The minimum atomic E-state index is -4.17. The zero-order chi connectivity index (χ0) is 30.0. The van der Waals surface area contributed by atoms with Crippen LogP contribution in [0.5, 0.6) is 5.75 Å². The molecule has 0 aliphatic carbocycles. The number of hydrogen-bond acceptors (Lipinski definition) is 8. The van der Waals surface area contributed by atoms with Gasteiger partial charge in [0.1, 0.15) is 22.2 Å². The highest BCUT2D eigenvalue weighted by Crippen LogP contribution is 2.33. The molecule has 222 valence electrons. The summed E-state index contributed by atoms with van der Waals surface area (Å²) in [5.74, 6) is 0.185. The molecule has 13 heteroatoms. The van der Waals surface area contributed by atoms with E-state index in [1.165, 1.54) is 29.7 Å². The maximum absolute atomic E-state index is 14.1. The summed E-state index contributed by atoms with van der Waals surface area (Å²) >= 11 is 3.39. The van der Waals surface area contributed by atoms with Gasteiger partial charge < -0.3 is 30.2 Å². The lowest BCUT2D eigenvalue weighted by Gasteiger charge is -2.26. The molecule has 11 nitrogen and oxygen atoms in total. The molecule has 0 aliphatic heterocycles. The molecule has 0 bridgehead atoms. The fourth-order valence-corrected chi connectivity index (χ4v) is 5.90. The number of carbonyl (C=O) groups excluding carboxylic acids is 1. The molecule has 4 rings (SSSR count). The molecule has 0 radical (unpaired) electrons. The zero-order valence-corrected chi connectivity index (χ0v) is 25.4. The van der Waals surface area contributed by atoms with Crippen LogP contribution in [0.25, 0.3) is 11.4 Å². The molecule has 4 N–H and O–H groups in total. The number of nitrogens with one attached hydrogen (secondary N) is 2. The third-order valence-electron chi connectivity index (χ3n) is 6.04. The highest BCUT2D eigenvalue weighted by Gasteiger charge is 2.29. The molecule has 0 saturated carbocycles.